The van der Waals surface area contributed by atoms with E-state index in [0.29, 0.717) is 19.5 Å². The first-order valence-corrected chi connectivity index (χ1v) is 9.15. The van der Waals surface area contributed by atoms with E-state index >= 15 is 0 Å². The number of carboxylic acid groups (broad SMARTS) is 1. The summed E-state index contributed by atoms with van der Waals surface area (Å²) in [6, 6.07) is 5.68. The topological polar surface area (TPSA) is 79.2 Å². The van der Waals surface area contributed by atoms with Crippen LogP contribution in [-0.2, 0) is 10.2 Å². The molecule has 1 aliphatic heterocycles. The maximum Gasteiger partial charge on any atom is 0.307 e. The van der Waals surface area contributed by atoms with E-state index < -0.39 is 12.1 Å². The number of aliphatic hydroxyl groups excluding tert-OH is 1. The first kappa shape index (κ1) is 20.5. The molecule has 2 rings (SSSR count). The molecule has 1 fully saturated rings. The molecule has 2 N–H and O–H groups in total. The molecule has 146 valence electrons. The minimum Gasteiger partial charge on any atom is -0.497 e. The van der Waals surface area contributed by atoms with Gasteiger partial charge in [0.15, 0.2) is 0 Å². The number of nitrogens with zero attached hydrogens (tertiary/aromatic N) is 1. The molecule has 0 amide bonds. The van der Waals surface area contributed by atoms with E-state index in [2.05, 4.69) is 20.8 Å². The summed E-state index contributed by atoms with van der Waals surface area (Å²) in [6.45, 7) is 8.20. The van der Waals surface area contributed by atoms with E-state index in [1.807, 2.05) is 23.1 Å². The second-order valence-electron chi connectivity index (χ2n) is 8.01. The van der Waals surface area contributed by atoms with E-state index in [9.17, 15) is 9.90 Å². The Bertz CT molecular complexity index is 611. The number of likely N-dealkylation sites (tertiary alicyclic amines) is 1. The fraction of sp³-hybridized carbons (Fsp3) is 0.650. The van der Waals surface area contributed by atoms with Crippen LogP contribution in [0.15, 0.2) is 18.2 Å². The lowest BCUT2D eigenvalue weighted by molar-refractivity contribution is -0.143. The van der Waals surface area contributed by atoms with Gasteiger partial charge < -0.3 is 19.7 Å². The third-order valence-electron chi connectivity index (χ3n) is 4.75. The molecule has 1 aromatic rings. The molecule has 6 nitrogen and oxygen atoms in total. The number of rotatable bonds is 7. The van der Waals surface area contributed by atoms with Crippen molar-refractivity contribution in [3.63, 3.8) is 0 Å². The number of carbonyl (C=O) groups is 1. The van der Waals surface area contributed by atoms with Crippen LogP contribution in [0.25, 0.3) is 0 Å². The van der Waals surface area contributed by atoms with Gasteiger partial charge in [-0.25, -0.2) is 0 Å². The predicted octanol–water partition coefficient (Wildman–Crippen LogP) is 2.53. The van der Waals surface area contributed by atoms with Crippen molar-refractivity contribution >= 4 is 5.97 Å². The van der Waals surface area contributed by atoms with Crippen molar-refractivity contribution in [3.8, 4) is 11.5 Å². The maximum absolute atomic E-state index is 11.2. The molecule has 6 heteroatoms. The molecule has 1 saturated heterocycles. The van der Waals surface area contributed by atoms with Crippen LogP contribution < -0.4 is 9.47 Å². The van der Waals surface area contributed by atoms with Gasteiger partial charge in [-0.2, -0.15) is 0 Å². The van der Waals surface area contributed by atoms with Crippen molar-refractivity contribution in [2.24, 2.45) is 5.92 Å². The normalized spacial score (nSPS) is 19.8. The second kappa shape index (κ2) is 8.73. The molecular weight excluding hydrogens is 334 g/mol. The number of benzene rings is 1. The zero-order valence-electron chi connectivity index (χ0n) is 16.2. The average molecular weight is 365 g/mol. The summed E-state index contributed by atoms with van der Waals surface area (Å²) in [5.74, 6) is 0.412. The highest BCUT2D eigenvalue weighted by atomic mass is 16.5. The number of hydrogen-bond donors (Lipinski definition) is 2. The Morgan fingerprint density at radius 3 is 2.73 bits per heavy atom. The number of piperidine rings is 1. The van der Waals surface area contributed by atoms with E-state index in [4.69, 9.17) is 14.6 Å². The third kappa shape index (κ3) is 5.61. The number of hydrogen-bond acceptors (Lipinski definition) is 5. The first-order chi connectivity index (χ1) is 12.2. The van der Waals surface area contributed by atoms with Crippen molar-refractivity contribution in [2.75, 3.05) is 33.4 Å². The van der Waals surface area contributed by atoms with E-state index in [0.717, 1.165) is 30.0 Å². The summed E-state index contributed by atoms with van der Waals surface area (Å²) in [4.78, 5) is 13.2. The lowest BCUT2D eigenvalue weighted by Gasteiger charge is -2.32. The average Bonchev–Trinajstić information content (AvgIpc) is 2.59. The van der Waals surface area contributed by atoms with Crippen LogP contribution in [0.3, 0.4) is 0 Å². The second-order valence-corrected chi connectivity index (χ2v) is 8.01. The molecule has 0 aliphatic carbocycles. The highest BCUT2D eigenvalue weighted by Gasteiger charge is 2.27. The number of ether oxygens (including phenoxy) is 2. The van der Waals surface area contributed by atoms with Gasteiger partial charge >= 0.3 is 5.97 Å². The molecule has 0 radical (unpaired) electrons. The van der Waals surface area contributed by atoms with E-state index in [1.54, 1.807) is 7.11 Å². The molecule has 2 atom stereocenters. The van der Waals surface area contributed by atoms with Crippen LogP contribution in [0.4, 0.5) is 0 Å². The number of carboxylic acids is 1. The molecule has 26 heavy (non-hydrogen) atoms. The zero-order valence-corrected chi connectivity index (χ0v) is 16.2. The highest BCUT2D eigenvalue weighted by molar-refractivity contribution is 5.70. The number of β-amino-alcohol motifs (C(OH)–C–C–N with tert-alkyl or cyclic N) is 1. The largest absolute Gasteiger partial charge is 0.497 e. The smallest absolute Gasteiger partial charge is 0.307 e. The monoisotopic (exact) mass is 365 g/mol. The van der Waals surface area contributed by atoms with Gasteiger partial charge in [0.2, 0.25) is 0 Å². The minimum absolute atomic E-state index is 0.115. The molecule has 0 bridgehead atoms. The van der Waals surface area contributed by atoms with Gasteiger partial charge in [0.1, 0.15) is 24.2 Å². The standard InChI is InChI=1S/C20H31NO5/c1-20(2,3)17-10-16(25-4)7-8-18(17)26-13-15(22)12-21-9-5-6-14(11-21)19(23)24/h7-8,10,14-15,22H,5-6,9,11-13H2,1-4H3,(H,23,24)/t14-,15+/m0/s1. The van der Waals surface area contributed by atoms with Gasteiger partial charge in [0, 0.05) is 18.7 Å². The van der Waals surface area contributed by atoms with Crippen molar-refractivity contribution in [2.45, 2.75) is 45.1 Å². The summed E-state index contributed by atoms with van der Waals surface area (Å²) < 4.78 is 11.2. The summed E-state index contributed by atoms with van der Waals surface area (Å²) in [6.07, 6.45) is 0.883. The highest BCUT2D eigenvalue weighted by Crippen LogP contribution is 2.34. The molecule has 1 heterocycles. The van der Waals surface area contributed by atoms with Crippen LogP contribution in [-0.4, -0.2) is 60.5 Å². The Morgan fingerprint density at radius 1 is 1.38 bits per heavy atom. The Labute approximate surface area is 155 Å². The fourth-order valence-corrected chi connectivity index (χ4v) is 3.31. The van der Waals surface area contributed by atoms with Gasteiger partial charge in [-0.1, -0.05) is 20.8 Å². The zero-order chi connectivity index (χ0) is 19.3. The lowest BCUT2D eigenvalue weighted by Crippen LogP contribution is -2.43. The predicted molar refractivity (Wildman–Crippen MR) is 100.0 cm³/mol. The fourth-order valence-electron chi connectivity index (χ4n) is 3.31. The Balaban J connectivity index is 1.95. The van der Waals surface area contributed by atoms with Crippen LogP contribution in [0.5, 0.6) is 11.5 Å². The Hall–Kier alpha value is -1.79. The molecule has 0 spiro atoms. The van der Waals surface area contributed by atoms with E-state index in [1.165, 1.54) is 0 Å². The molecule has 1 aromatic carbocycles. The van der Waals surface area contributed by atoms with Crippen molar-refractivity contribution in [1.29, 1.82) is 0 Å². The number of aliphatic hydroxyl groups is 1. The SMILES string of the molecule is COc1ccc(OC[C@H](O)CN2CCC[C@H](C(=O)O)C2)c(C(C)(C)C)c1. The maximum atomic E-state index is 11.2. The van der Waals surface area contributed by atoms with Crippen LogP contribution in [0, 0.1) is 5.92 Å². The molecule has 1 aliphatic rings. The third-order valence-corrected chi connectivity index (χ3v) is 4.75. The first-order valence-electron chi connectivity index (χ1n) is 9.15. The molecule has 0 aromatic heterocycles. The van der Waals surface area contributed by atoms with Gasteiger partial charge in [0.25, 0.3) is 0 Å². The van der Waals surface area contributed by atoms with Gasteiger partial charge in [-0.3, -0.25) is 9.69 Å². The van der Waals surface area contributed by atoms with Gasteiger partial charge in [0.05, 0.1) is 13.0 Å². The molecule has 0 saturated carbocycles. The minimum atomic E-state index is -0.756. The summed E-state index contributed by atoms with van der Waals surface area (Å²) in [5.41, 5.74) is 0.907. The van der Waals surface area contributed by atoms with Crippen molar-refractivity contribution in [3.05, 3.63) is 23.8 Å². The molecular formula is C20H31NO5. The van der Waals surface area contributed by atoms with Crippen LogP contribution in [0.2, 0.25) is 0 Å². The number of methoxy groups -OCH3 is 1. The summed E-state index contributed by atoms with van der Waals surface area (Å²) in [7, 11) is 1.63. The lowest BCUT2D eigenvalue weighted by atomic mass is 9.86. The quantitative estimate of drug-likeness (QED) is 0.773. The van der Waals surface area contributed by atoms with E-state index in [-0.39, 0.29) is 17.9 Å². The Kier molecular flexibility index (Phi) is 6.89. The van der Waals surface area contributed by atoms with Crippen LogP contribution in [0.1, 0.15) is 39.2 Å². The van der Waals surface area contributed by atoms with Crippen molar-refractivity contribution in [1.82, 2.24) is 4.90 Å². The van der Waals surface area contributed by atoms with Gasteiger partial charge in [-0.15, -0.1) is 0 Å². The van der Waals surface area contributed by atoms with Crippen LogP contribution >= 0.6 is 0 Å². The summed E-state index contributed by atoms with van der Waals surface area (Å²) in [5, 5.41) is 19.5. The Morgan fingerprint density at radius 2 is 2.12 bits per heavy atom. The summed E-state index contributed by atoms with van der Waals surface area (Å²) >= 11 is 0. The van der Waals surface area contributed by atoms with Crippen molar-refractivity contribution < 1.29 is 24.5 Å². The number of aliphatic carboxylic acids is 1. The molecule has 0 unspecified atom stereocenters. The van der Waals surface area contributed by atoms with Gasteiger partial charge in [-0.05, 0) is 43.0 Å².